The minimum atomic E-state index is -0.527. The summed E-state index contributed by atoms with van der Waals surface area (Å²) in [5, 5.41) is 9.98. The lowest BCUT2D eigenvalue weighted by Gasteiger charge is -2.07. The van der Waals surface area contributed by atoms with Gasteiger partial charge in [-0.15, -0.1) is 0 Å². The van der Waals surface area contributed by atoms with E-state index in [0.717, 1.165) is 11.3 Å². The molecule has 16 heavy (non-hydrogen) atoms. The highest BCUT2D eigenvalue weighted by Crippen LogP contribution is 2.17. The van der Waals surface area contributed by atoms with Crippen molar-refractivity contribution in [2.75, 3.05) is 0 Å². The molecule has 0 aliphatic carbocycles. The molecule has 0 spiro atoms. The number of hydrogen-bond acceptors (Lipinski definition) is 2. The van der Waals surface area contributed by atoms with Gasteiger partial charge in [-0.05, 0) is 40.3 Å². The molecule has 0 amide bonds. The van der Waals surface area contributed by atoms with Gasteiger partial charge >= 0.3 is 0 Å². The van der Waals surface area contributed by atoms with Gasteiger partial charge in [-0.2, -0.15) is 0 Å². The van der Waals surface area contributed by atoms with Crippen molar-refractivity contribution < 1.29 is 5.11 Å². The Morgan fingerprint density at radius 2 is 2.06 bits per heavy atom. The Bertz CT molecular complexity index is 464. The van der Waals surface area contributed by atoms with E-state index in [1.165, 1.54) is 3.57 Å². The van der Waals surface area contributed by atoms with E-state index >= 15 is 0 Å². The zero-order valence-corrected chi connectivity index (χ0v) is 11.1. The highest BCUT2D eigenvalue weighted by molar-refractivity contribution is 14.1. The van der Waals surface area contributed by atoms with Crippen molar-refractivity contribution in [3.8, 4) is 0 Å². The van der Waals surface area contributed by atoms with E-state index < -0.39 is 6.10 Å². The van der Waals surface area contributed by atoms with Crippen molar-refractivity contribution in [3.05, 3.63) is 51.6 Å². The second-order valence-electron chi connectivity index (χ2n) is 3.81. The summed E-state index contributed by atoms with van der Waals surface area (Å²) < 4.78 is 3.04. The third-order valence-corrected chi connectivity index (χ3v) is 3.13. The molecule has 84 valence electrons. The molecule has 1 aromatic carbocycles. The molecule has 0 radical (unpaired) electrons. The number of hydrogen-bond donors (Lipinski definition) is 1. The molecule has 2 aromatic rings. The molecule has 0 saturated carbocycles. The maximum Gasteiger partial charge on any atom is 0.101 e. The van der Waals surface area contributed by atoms with Gasteiger partial charge < -0.3 is 9.67 Å². The Balaban J connectivity index is 2.07. The molecule has 1 aromatic heterocycles. The fourth-order valence-corrected chi connectivity index (χ4v) is 1.91. The average Bonchev–Trinajstić information content (AvgIpc) is 2.68. The van der Waals surface area contributed by atoms with Crippen LogP contribution in [-0.4, -0.2) is 14.7 Å². The van der Waals surface area contributed by atoms with E-state index in [1.54, 1.807) is 6.33 Å². The molecular formula is C12H13IN2O. The Hall–Kier alpha value is -0.880. The number of benzene rings is 1. The summed E-state index contributed by atoms with van der Waals surface area (Å²) in [5.41, 5.74) is 1.85. The number of aliphatic hydroxyl groups excluding tert-OH is 1. The lowest BCUT2D eigenvalue weighted by atomic mass is 10.1. The zero-order chi connectivity index (χ0) is 11.5. The fraction of sp³-hybridized carbons (Fsp3) is 0.250. The van der Waals surface area contributed by atoms with Gasteiger partial charge in [0.15, 0.2) is 0 Å². The van der Waals surface area contributed by atoms with Gasteiger partial charge in [0.1, 0.15) is 6.10 Å². The van der Waals surface area contributed by atoms with E-state index in [4.69, 9.17) is 0 Å². The maximum atomic E-state index is 9.98. The van der Waals surface area contributed by atoms with Gasteiger partial charge in [0, 0.05) is 23.2 Å². The molecule has 2 rings (SSSR count). The summed E-state index contributed by atoms with van der Waals surface area (Å²) >= 11 is 2.27. The summed E-state index contributed by atoms with van der Waals surface area (Å²) in [5.74, 6) is 0. The van der Waals surface area contributed by atoms with Crippen LogP contribution in [0.1, 0.15) is 17.4 Å². The third-order valence-electron chi connectivity index (χ3n) is 2.41. The van der Waals surface area contributed by atoms with Gasteiger partial charge in [0.2, 0.25) is 0 Å². The summed E-state index contributed by atoms with van der Waals surface area (Å²) in [7, 11) is 1.90. The Morgan fingerprint density at radius 1 is 1.38 bits per heavy atom. The first kappa shape index (κ1) is 11.6. The standard InChI is InChI=1S/C12H13IN2O/c1-15-7-11(14-8-15)12(16)6-9-2-4-10(13)5-3-9/h2-5,7-8,12,16H,6H2,1H3. The lowest BCUT2D eigenvalue weighted by molar-refractivity contribution is 0.174. The minimum Gasteiger partial charge on any atom is -0.386 e. The van der Waals surface area contributed by atoms with Crippen molar-refractivity contribution in [1.82, 2.24) is 9.55 Å². The first-order chi connectivity index (χ1) is 7.65. The van der Waals surface area contributed by atoms with E-state index in [1.807, 2.05) is 42.1 Å². The Morgan fingerprint density at radius 3 is 2.62 bits per heavy atom. The third kappa shape index (κ3) is 2.82. The normalized spacial score (nSPS) is 12.7. The van der Waals surface area contributed by atoms with Gasteiger partial charge in [-0.1, -0.05) is 12.1 Å². The van der Waals surface area contributed by atoms with Crippen molar-refractivity contribution in [3.63, 3.8) is 0 Å². The van der Waals surface area contributed by atoms with Gasteiger partial charge in [-0.3, -0.25) is 0 Å². The van der Waals surface area contributed by atoms with Crippen LogP contribution < -0.4 is 0 Å². The molecular weight excluding hydrogens is 315 g/mol. The second-order valence-corrected chi connectivity index (χ2v) is 5.06. The predicted molar refractivity (Wildman–Crippen MR) is 71.0 cm³/mol. The monoisotopic (exact) mass is 328 g/mol. The predicted octanol–water partition coefficient (Wildman–Crippen LogP) is 2.30. The lowest BCUT2D eigenvalue weighted by Crippen LogP contribution is -2.02. The quantitative estimate of drug-likeness (QED) is 0.878. The highest BCUT2D eigenvalue weighted by Gasteiger charge is 2.10. The largest absolute Gasteiger partial charge is 0.386 e. The van der Waals surface area contributed by atoms with Crippen molar-refractivity contribution in [2.45, 2.75) is 12.5 Å². The number of rotatable bonds is 3. The summed E-state index contributed by atoms with van der Waals surface area (Å²) in [4.78, 5) is 4.14. The van der Waals surface area contributed by atoms with Crippen LogP contribution in [-0.2, 0) is 13.5 Å². The van der Waals surface area contributed by atoms with Crippen LogP contribution >= 0.6 is 22.6 Å². The van der Waals surface area contributed by atoms with Crippen LogP contribution in [0.15, 0.2) is 36.8 Å². The fourth-order valence-electron chi connectivity index (χ4n) is 1.55. The summed E-state index contributed by atoms with van der Waals surface area (Å²) in [6.45, 7) is 0. The van der Waals surface area contributed by atoms with E-state index in [2.05, 4.69) is 27.6 Å². The molecule has 4 heteroatoms. The van der Waals surface area contributed by atoms with Crippen LogP contribution in [0.3, 0.4) is 0 Å². The first-order valence-electron chi connectivity index (χ1n) is 5.05. The van der Waals surface area contributed by atoms with Crippen LogP contribution in [0, 0.1) is 3.57 Å². The molecule has 1 heterocycles. The van der Waals surface area contributed by atoms with Gasteiger partial charge in [0.25, 0.3) is 0 Å². The summed E-state index contributed by atoms with van der Waals surface area (Å²) in [6.07, 6.45) is 3.62. The van der Waals surface area contributed by atoms with Crippen molar-refractivity contribution in [2.24, 2.45) is 7.05 Å². The molecule has 0 aliphatic rings. The average molecular weight is 328 g/mol. The van der Waals surface area contributed by atoms with Gasteiger partial charge in [-0.25, -0.2) is 4.98 Å². The second kappa shape index (κ2) is 4.97. The Labute approximate surface area is 108 Å². The molecule has 0 fully saturated rings. The number of imidazole rings is 1. The minimum absolute atomic E-state index is 0.527. The molecule has 1 unspecified atom stereocenters. The molecule has 3 nitrogen and oxygen atoms in total. The van der Waals surface area contributed by atoms with Gasteiger partial charge in [0.05, 0.1) is 12.0 Å². The van der Waals surface area contributed by atoms with Crippen LogP contribution in [0.2, 0.25) is 0 Å². The zero-order valence-electron chi connectivity index (χ0n) is 8.97. The smallest absolute Gasteiger partial charge is 0.101 e. The van der Waals surface area contributed by atoms with Crippen LogP contribution in [0.25, 0.3) is 0 Å². The summed E-state index contributed by atoms with van der Waals surface area (Å²) in [6, 6.07) is 8.16. The molecule has 0 bridgehead atoms. The SMILES string of the molecule is Cn1cnc(C(O)Cc2ccc(I)cc2)c1. The highest BCUT2D eigenvalue weighted by atomic mass is 127. The molecule has 1 atom stereocenters. The number of aryl methyl sites for hydroxylation is 1. The van der Waals surface area contributed by atoms with E-state index in [0.29, 0.717) is 6.42 Å². The van der Waals surface area contributed by atoms with E-state index in [-0.39, 0.29) is 0 Å². The number of aliphatic hydroxyl groups is 1. The molecule has 0 aliphatic heterocycles. The molecule has 0 saturated heterocycles. The molecule has 1 N–H and O–H groups in total. The van der Waals surface area contributed by atoms with Crippen molar-refractivity contribution >= 4 is 22.6 Å². The Kier molecular flexibility index (Phi) is 3.60. The first-order valence-corrected chi connectivity index (χ1v) is 6.13. The topological polar surface area (TPSA) is 38.0 Å². The maximum absolute atomic E-state index is 9.98. The van der Waals surface area contributed by atoms with Crippen LogP contribution in [0.5, 0.6) is 0 Å². The van der Waals surface area contributed by atoms with Crippen molar-refractivity contribution in [1.29, 1.82) is 0 Å². The number of halogens is 1. The number of aromatic nitrogens is 2. The number of nitrogens with zero attached hydrogens (tertiary/aromatic N) is 2. The van der Waals surface area contributed by atoms with E-state index in [9.17, 15) is 5.11 Å². The van der Waals surface area contributed by atoms with Crippen LogP contribution in [0.4, 0.5) is 0 Å².